The molecule has 1 amide bonds. The maximum Gasteiger partial charge on any atom is 0.303 e. The standard InChI is InChI=1S/C9H16N2O4S/c1-10-7(2-3-8(13)14)9(15)11-6(4-12)5-16/h4,6-7,10,16H,2-3,5H2,1H3,(H,11,15)(H,13,14)/t6-,7-/m0/s1. The number of carbonyl (C=O) groups is 3. The second-order valence-electron chi connectivity index (χ2n) is 3.21. The highest BCUT2D eigenvalue weighted by molar-refractivity contribution is 7.80. The first kappa shape index (κ1) is 14.9. The number of carboxylic acids is 1. The zero-order valence-electron chi connectivity index (χ0n) is 8.97. The number of aldehydes is 1. The number of hydrogen-bond donors (Lipinski definition) is 4. The van der Waals surface area contributed by atoms with E-state index in [1.165, 1.54) is 0 Å². The van der Waals surface area contributed by atoms with Crippen molar-refractivity contribution in [2.24, 2.45) is 0 Å². The Morgan fingerprint density at radius 2 is 2.12 bits per heavy atom. The van der Waals surface area contributed by atoms with E-state index in [0.717, 1.165) is 0 Å². The Morgan fingerprint density at radius 1 is 1.50 bits per heavy atom. The molecule has 0 aliphatic heterocycles. The quantitative estimate of drug-likeness (QED) is 0.328. The van der Waals surface area contributed by atoms with Crippen LogP contribution < -0.4 is 10.6 Å². The zero-order valence-corrected chi connectivity index (χ0v) is 9.87. The Kier molecular flexibility index (Phi) is 7.57. The molecule has 6 nitrogen and oxygen atoms in total. The molecule has 0 fully saturated rings. The lowest BCUT2D eigenvalue weighted by molar-refractivity contribution is -0.137. The van der Waals surface area contributed by atoms with Crippen molar-refractivity contribution in [1.82, 2.24) is 10.6 Å². The van der Waals surface area contributed by atoms with Crippen LogP contribution >= 0.6 is 12.6 Å². The number of likely N-dealkylation sites (N-methyl/N-ethyl adjacent to an activating group) is 1. The molecule has 0 spiro atoms. The van der Waals surface area contributed by atoms with Gasteiger partial charge in [0.05, 0.1) is 12.1 Å². The predicted molar refractivity (Wildman–Crippen MR) is 61.6 cm³/mol. The van der Waals surface area contributed by atoms with Gasteiger partial charge in [0.1, 0.15) is 6.29 Å². The van der Waals surface area contributed by atoms with Gasteiger partial charge in [-0.15, -0.1) is 0 Å². The van der Waals surface area contributed by atoms with Gasteiger partial charge < -0.3 is 20.5 Å². The van der Waals surface area contributed by atoms with Crippen LogP contribution in [0.4, 0.5) is 0 Å². The summed E-state index contributed by atoms with van der Waals surface area (Å²) in [6, 6.07) is -1.25. The number of thiol groups is 1. The number of nitrogens with one attached hydrogen (secondary N) is 2. The van der Waals surface area contributed by atoms with Crippen molar-refractivity contribution in [1.29, 1.82) is 0 Å². The van der Waals surface area contributed by atoms with E-state index in [9.17, 15) is 14.4 Å². The molecule has 0 rings (SSSR count). The molecular formula is C9H16N2O4S. The van der Waals surface area contributed by atoms with Crippen molar-refractivity contribution in [3.8, 4) is 0 Å². The van der Waals surface area contributed by atoms with Crippen LogP contribution in [-0.2, 0) is 14.4 Å². The maximum absolute atomic E-state index is 11.6. The second-order valence-corrected chi connectivity index (χ2v) is 3.57. The van der Waals surface area contributed by atoms with Crippen molar-refractivity contribution in [3.05, 3.63) is 0 Å². The Balaban J connectivity index is 4.19. The normalized spacial score (nSPS) is 13.9. The third-order valence-electron chi connectivity index (χ3n) is 2.00. The van der Waals surface area contributed by atoms with Crippen molar-refractivity contribution in [2.75, 3.05) is 12.8 Å². The molecule has 0 aliphatic carbocycles. The molecule has 0 heterocycles. The van der Waals surface area contributed by atoms with E-state index in [4.69, 9.17) is 5.11 Å². The van der Waals surface area contributed by atoms with E-state index < -0.39 is 24.0 Å². The van der Waals surface area contributed by atoms with E-state index in [1.807, 2.05) is 0 Å². The Labute approximate surface area is 99.2 Å². The highest BCUT2D eigenvalue weighted by atomic mass is 32.1. The first-order valence-corrected chi connectivity index (χ1v) is 5.44. The highest BCUT2D eigenvalue weighted by Gasteiger charge is 2.19. The van der Waals surface area contributed by atoms with E-state index in [0.29, 0.717) is 6.29 Å². The second kappa shape index (κ2) is 8.12. The summed E-state index contributed by atoms with van der Waals surface area (Å²) in [5.41, 5.74) is 0. The van der Waals surface area contributed by atoms with Crippen molar-refractivity contribution in [3.63, 3.8) is 0 Å². The number of rotatable bonds is 8. The lowest BCUT2D eigenvalue weighted by atomic mass is 10.1. The lowest BCUT2D eigenvalue weighted by Crippen LogP contribution is -2.48. The van der Waals surface area contributed by atoms with Gasteiger partial charge in [0, 0.05) is 12.2 Å². The number of aliphatic carboxylic acids is 1. The SMILES string of the molecule is CN[C@@H](CCC(=O)O)C(=O)N[C@@H](C=O)CS. The predicted octanol–water partition coefficient (Wildman–Crippen LogP) is -0.947. The summed E-state index contributed by atoms with van der Waals surface area (Å²) < 4.78 is 0. The molecule has 0 aliphatic rings. The summed E-state index contributed by atoms with van der Waals surface area (Å²) in [6.07, 6.45) is 0.663. The van der Waals surface area contributed by atoms with E-state index in [1.54, 1.807) is 7.05 Å². The molecule has 16 heavy (non-hydrogen) atoms. The average Bonchev–Trinajstić information content (AvgIpc) is 2.26. The minimum atomic E-state index is -0.964. The Morgan fingerprint density at radius 3 is 2.50 bits per heavy atom. The Bertz CT molecular complexity index is 260. The molecule has 7 heteroatoms. The van der Waals surface area contributed by atoms with Crippen LogP contribution in [0.3, 0.4) is 0 Å². The number of carboxylic acid groups (broad SMARTS) is 1. The fraction of sp³-hybridized carbons (Fsp3) is 0.667. The molecule has 0 aromatic carbocycles. The van der Waals surface area contributed by atoms with Gasteiger partial charge in [-0.25, -0.2) is 0 Å². The van der Waals surface area contributed by atoms with E-state index in [2.05, 4.69) is 23.3 Å². The fourth-order valence-corrected chi connectivity index (χ4v) is 1.26. The van der Waals surface area contributed by atoms with Gasteiger partial charge in [0.15, 0.2) is 0 Å². The summed E-state index contributed by atoms with van der Waals surface area (Å²) >= 11 is 3.89. The molecule has 0 aromatic rings. The van der Waals surface area contributed by atoms with Gasteiger partial charge in [-0.2, -0.15) is 12.6 Å². The summed E-state index contributed by atoms with van der Waals surface area (Å²) in [4.78, 5) is 32.4. The molecule has 2 atom stereocenters. The topological polar surface area (TPSA) is 95.5 Å². The van der Waals surface area contributed by atoms with Gasteiger partial charge in [0.25, 0.3) is 0 Å². The minimum absolute atomic E-state index is 0.106. The highest BCUT2D eigenvalue weighted by Crippen LogP contribution is 1.98. The van der Waals surface area contributed by atoms with Gasteiger partial charge in [-0.05, 0) is 13.5 Å². The van der Waals surface area contributed by atoms with Gasteiger partial charge in [0.2, 0.25) is 5.91 Å². The fourth-order valence-electron chi connectivity index (χ4n) is 1.08. The minimum Gasteiger partial charge on any atom is -0.481 e. The lowest BCUT2D eigenvalue weighted by Gasteiger charge is -2.17. The molecule has 0 unspecified atom stereocenters. The smallest absolute Gasteiger partial charge is 0.303 e. The molecule has 0 saturated heterocycles. The van der Waals surface area contributed by atoms with Crippen molar-refractivity contribution >= 4 is 30.8 Å². The van der Waals surface area contributed by atoms with Crippen LogP contribution in [0.15, 0.2) is 0 Å². The van der Waals surface area contributed by atoms with Gasteiger partial charge in [-0.1, -0.05) is 0 Å². The number of amides is 1. The number of carbonyl (C=O) groups excluding carboxylic acids is 2. The van der Waals surface area contributed by atoms with Crippen LogP contribution in [0, 0.1) is 0 Å². The summed E-state index contributed by atoms with van der Waals surface area (Å²) in [7, 11) is 1.56. The van der Waals surface area contributed by atoms with Crippen LogP contribution in [0.5, 0.6) is 0 Å². The molecule has 0 bridgehead atoms. The van der Waals surface area contributed by atoms with E-state index >= 15 is 0 Å². The third kappa shape index (κ3) is 5.72. The van der Waals surface area contributed by atoms with Crippen LogP contribution in [-0.4, -0.2) is 48.2 Å². The van der Waals surface area contributed by atoms with E-state index in [-0.39, 0.29) is 18.6 Å². The zero-order chi connectivity index (χ0) is 12.6. The Hall–Kier alpha value is -1.08. The third-order valence-corrected chi connectivity index (χ3v) is 2.39. The number of hydrogen-bond acceptors (Lipinski definition) is 5. The first-order chi connectivity index (χ1) is 7.54. The molecule has 3 N–H and O–H groups in total. The van der Waals surface area contributed by atoms with Crippen molar-refractivity contribution < 1.29 is 19.5 Å². The van der Waals surface area contributed by atoms with Gasteiger partial charge in [-0.3, -0.25) is 9.59 Å². The van der Waals surface area contributed by atoms with Crippen LogP contribution in [0.2, 0.25) is 0 Å². The maximum atomic E-state index is 11.6. The molecule has 0 radical (unpaired) electrons. The molecule has 92 valence electrons. The summed E-state index contributed by atoms with van der Waals surface area (Å²) in [5.74, 6) is -1.14. The molecular weight excluding hydrogens is 232 g/mol. The first-order valence-electron chi connectivity index (χ1n) is 4.80. The molecule has 0 aromatic heterocycles. The summed E-state index contributed by atoms with van der Waals surface area (Å²) in [6.45, 7) is 0. The summed E-state index contributed by atoms with van der Waals surface area (Å²) in [5, 5.41) is 13.6. The average molecular weight is 248 g/mol. The molecule has 0 saturated carbocycles. The van der Waals surface area contributed by atoms with Crippen molar-refractivity contribution in [2.45, 2.75) is 24.9 Å². The largest absolute Gasteiger partial charge is 0.481 e. The van der Waals surface area contributed by atoms with Crippen LogP contribution in [0.1, 0.15) is 12.8 Å². The monoisotopic (exact) mass is 248 g/mol. The van der Waals surface area contributed by atoms with Gasteiger partial charge >= 0.3 is 5.97 Å². The van der Waals surface area contributed by atoms with Crippen LogP contribution in [0.25, 0.3) is 0 Å².